The van der Waals surface area contributed by atoms with E-state index >= 15 is 0 Å². The fourth-order valence-corrected chi connectivity index (χ4v) is 2.57. The van der Waals surface area contributed by atoms with Crippen molar-refractivity contribution in [2.24, 2.45) is 17.6 Å². The first-order chi connectivity index (χ1) is 8.60. The molecule has 2 nitrogen and oxygen atoms in total. The highest BCUT2D eigenvalue weighted by molar-refractivity contribution is 5.25. The summed E-state index contributed by atoms with van der Waals surface area (Å²) in [5.74, 6) is 1.83. The van der Waals surface area contributed by atoms with Crippen LogP contribution in [0.5, 0.6) is 0 Å². The third-order valence-corrected chi connectivity index (χ3v) is 4.15. The third-order valence-electron chi connectivity index (χ3n) is 4.15. The van der Waals surface area contributed by atoms with E-state index in [1.165, 1.54) is 24.1 Å². The maximum atomic E-state index is 6.28. The van der Waals surface area contributed by atoms with E-state index in [1.807, 2.05) is 0 Å². The third kappa shape index (κ3) is 3.56. The van der Waals surface area contributed by atoms with Crippen LogP contribution in [0.2, 0.25) is 0 Å². The number of nitrogens with zero attached hydrogens (tertiary/aromatic N) is 1. The van der Waals surface area contributed by atoms with Crippen molar-refractivity contribution in [3.8, 4) is 0 Å². The Morgan fingerprint density at radius 1 is 1.33 bits per heavy atom. The van der Waals surface area contributed by atoms with E-state index < -0.39 is 0 Å². The van der Waals surface area contributed by atoms with Gasteiger partial charge >= 0.3 is 0 Å². The zero-order chi connectivity index (χ0) is 13.1. The fourth-order valence-electron chi connectivity index (χ4n) is 2.57. The molecule has 3 atom stereocenters. The molecular weight excluding hydrogens is 220 g/mol. The highest BCUT2D eigenvalue weighted by Gasteiger charge is 2.33. The Balaban J connectivity index is 1.83. The van der Waals surface area contributed by atoms with Crippen LogP contribution >= 0.6 is 0 Å². The lowest BCUT2D eigenvalue weighted by Crippen LogP contribution is -2.30. The lowest BCUT2D eigenvalue weighted by molar-refractivity contribution is 0.296. The van der Waals surface area contributed by atoms with Crippen LogP contribution in [0.1, 0.15) is 37.4 Å². The molecule has 18 heavy (non-hydrogen) atoms. The van der Waals surface area contributed by atoms with Crippen molar-refractivity contribution >= 4 is 0 Å². The first-order valence-corrected chi connectivity index (χ1v) is 7.13. The van der Waals surface area contributed by atoms with Gasteiger partial charge in [-0.2, -0.15) is 0 Å². The summed E-state index contributed by atoms with van der Waals surface area (Å²) < 4.78 is 0. The smallest absolute Gasteiger partial charge is 0.0424 e. The predicted octanol–water partition coefficient (Wildman–Crippen LogP) is 2.84. The second-order valence-corrected chi connectivity index (χ2v) is 5.90. The quantitative estimate of drug-likeness (QED) is 0.836. The van der Waals surface area contributed by atoms with Gasteiger partial charge in [-0.3, -0.25) is 0 Å². The zero-order valence-corrected chi connectivity index (χ0v) is 11.9. The monoisotopic (exact) mass is 246 g/mol. The lowest BCUT2D eigenvalue weighted by Gasteiger charge is -2.21. The van der Waals surface area contributed by atoms with E-state index in [4.69, 9.17) is 5.73 Å². The number of likely N-dealkylation sites (N-methyl/N-ethyl adjacent to an activating group) is 1. The Morgan fingerprint density at radius 2 is 1.94 bits per heavy atom. The average molecular weight is 246 g/mol. The molecule has 0 spiro atoms. The molecule has 0 bridgehead atoms. The van der Waals surface area contributed by atoms with Crippen LogP contribution in [0.4, 0.5) is 0 Å². The normalized spacial score (nSPS) is 24.3. The van der Waals surface area contributed by atoms with Gasteiger partial charge in [0.1, 0.15) is 0 Å². The summed E-state index contributed by atoms with van der Waals surface area (Å²) in [6.07, 6.45) is 2.49. The lowest BCUT2D eigenvalue weighted by atomic mass is 10.0. The van der Waals surface area contributed by atoms with Gasteiger partial charge in [-0.25, -0.2) is 0 Å². The molecule has 0 aliphatic heterocycles. The zero-order valence-electron chi connectivity index (χ0n) is 11.9. The van der Waals surface area contributed by atoms with Gasteiger partial charge in [0.25, 0.3) is 0 Å². The van der Waals surface area contributed by atoms with Crippen LogP contribution in [0.25, 0.3) is 0 Å². The molecule has 0 amide bonds. The molecule has 0 heterocycles. The Bertz CT molecular complexity index is 371. The molecule has 1 saturated carbocycles. The molecule has 0 saturated heterocycles. The first-order valence-electron chi connectivity index (χ1n) is 7.13. The van der Waals surface area contributed by atoms with E-state index in [-0.39, 0.29) is 6.04 Å². The molecule has 0 radical (unpaired) electrons. The number of hydrogen-bond acceptors (Lipinski definition) is 2. The molecule has 2 rings (SSSR count). The molecule has 1 aliphatic rings. The van der Waals surface area contributed by atoms with Crippen LogP contribution in [0, 0.1) is 11.8 Å². The summed E-state index contributed by atoms with van der Waals surface area (Å²) >= 11 is 0. The summed E-state index contributed by atoms with van der Waals surface area (Å²) in [6, 6.07) is 8.87. The summed E-state index contributed by atoms with van der Waals surface area (Å²) in [6.45, 7) is 6.66. The summed E-state index contributed by atoms with van der Waals surface area (Å²) in [7, 11) is 2.19. The number of hydrogen-bond donors (Lipinski definition) is 1. The van der Waals surface area contributed by atoms with Gasteiger partial charge in [-0.05, 0) is 42.9 Å². The topological polar surface area (TPSA) is 29.3 Å². The molecule has 2 heteroatoms. The average Bonchev–Trinajstić information content (AvgIpc) is 3.04. The highest BCUT2D eigenvalue weighted by Crippen LogP contribution is 2.38. The van der Waals surface area contributed by atoms with Crippen molar-refractivity contribution in [1.29, 1.82) is 0 Å². The SMILES string of the molecule is CCc1ccc(C(N)CN(C)CC2CC2C)cc1. The largest absolute Gasteiger partial charge is 0.323 e. The minimum atomic E-state index is 0.134. The molecule has 1 aromatic carbocycles. The first kappa shape index (κ1) is 13.6. The molecule has 1 aliphatic carbocycles. The van der Waals surface area contributed by atoms with Gasteiger partial charge in [-0.1, -0.05) is 38.1 Å². The van der Waals surface area contributed by atoms with Crippen LogP contribution < -0.4 is 5.73 Å². The molecule has 1 aromatic rings. The number of aryl methyl sites for hydroxylation is 1. The molecule has 3 unspecified atom stereocenters. The minimum Gasteiger partial charge on any atom is -0.323 e. The van der Waals surface area contributed by atoms with Gasteiger partial charge in [-0.15, -0.1) is 0 Å². The van der Waals surface area contributed by atoms with Gasteiger partial charge in [0, 0.05) is 19.1 Å². The Hall–Kier alpha value is -0.860. The fraction of sp³-hybridized carbons (Fsp3) is 0.625. The summed E-state index contributed by atoms with van der Waals surface area (Å²) in [5.41, 5.74) is 8.91. The number of benzene rings is 1. The molecule has 1 fully saturated rings. The van der Waals surface area contributed by atoms with Crippen LogP contribution in [0.3, 0.4) is 0 Å². The van der Waals surface area contributed by atoms with Crippen LogP contribution in [0.15, 0.2) is 24.3 Å². The second-order valence-electron chi connectivity index (χ2n) is 5.90. The Morgan fingerprint density at radius 3 is 2.44 bits per heavy atom. The standard InChI is InChI=1S/C16H26N2/c1-4-13-5-7-14(8-6-13)16(17)11-18(3)10-15-9-12(15)2/h5-8,12,15-16H,4,9-11,17H2,1-3H3. The predicted molar refractivity (Wildman–Crippen MR) is 77.5 cm³/mol. The van der Waals surface area contributed by atoms with Crippen molar-refractivity contribution in [2.75, 3.05) is 20.1 Å². The van der Waals surface area contributed by atoms with E-state index in [9.17, 15) is 0 Å². The number of rotatable bonds is 6. The van der Waals surface area contributed by atoms with Crippen LogP contribution in [-0.4, -0.2) is 25.0 Å². The van der Waals surface area contributed by atoms with Crippen molar-refractivity contribution in [1.82, 2.24) is 4.90 Å². The van der Waals surface area contributed by atoms with E-state index in [2.05, 4.69) is 50.1 Å². The molecule has 100 valence electrons. The van der Waals surface area contributed by atoms with E-state index in [0.717, 1.165) is 24.8 Å². The van der Waals surface area contributed by atoms with Crippen molar-refractivity contribution in [3.05, 3.63) is 35.4 Å². The number of nitrogens with two attached hydrogens (primary N) is 1. The molecule has 0 aromatic heterocycles. The summed E-state index contributed by atoms with van der Waals surface area (Å²) in [4.78, 5) is 2.38. The van der Waals surface area contributed by atoms with E-state index in [0.29, 0.717) is 0 Å². The van der Waals surface area contributed by atoms with E-state index in [1.54, 1.807) is 0 Å². The summed E-state index contributed by atoms with van der Waals surface area (Å²) in [5, 5.41) is 0. The maximum Gasteiger partial charge on any atom is 0.0424 e. The van der Waals surface area contributed by atoms with Crippen molar-refractivity contribution in [2.45, 2.75) is 32.7 Å². The van der Waals surface area contributed by atoms with Crippen molar-refractivity contribution < 1.29 is 0 Å². The van der Waals surface area contributed by atoms with Gasteiger partial charge in [0.15, 0.2) is 0 Å². The van der Waals surface area contributed by atoms with Gasteiger partial charge < -0.3 is 10.6 Å². The Labute approximate surface area is 111 Å². The van der Waals surface area contributed by atoms with Crippen molar-refractivity contribution in [3.63, 3.8) is 0 Å². The second kappa shape index (κ2) is 5.85. The maximum absolute atomic E-state index is 6.28. The van der Waals surface area contributed by atoms with Gasteiger partial charge in [0.05, 0.1) is 0 Å². The molecular formula is C16H26N2. The highest BCUT2D eigenvalue weighted by atomic mass is 15.1. The van der Waals surface area contributed by atoms with Gasteiger partial charge in [0.2, 0.25) is 0 Å². The molecule has 2 N–H and O–H groups in total. The minimum absolute atomic E-state index is 0.134. The Kier molecular flexibility index (Phi) is 4.41. The van der Waals surface area contributed by atoms with Crippen LogP contribution in [-0.2, 0) is 6.42 Å².